The van der Waals surface area contributed by atoms with Crippen LogP contribution < -0.4 is 0 Å². The van der Waals surface area contributed by atoms with Crippen LogP contribution in [0.25, 0.3) is 0 Å². The van der Waals surface area contributed by atoms with Crippen molar-refractivity contribution in [2.45, 2.75) is 92.1 Å². The predicted molar refractivity (Wildman–Crippen MR) is 149 cm³/mol. The van der Waals surface area contributed by atoms with E-state index in [0.29, 0.717) is 22.3 Å². The topological polar surface area (TPSA) is 136 Å². The Morgan fingerprint density at radius 2 is 1.63 bits per heavy atom. The highest BCUT2D eigenvalue weighted by Crippen LogP contribution is 2.75. The Bertz CT molecular complexity index is 1320. The molecule has 9 heteroatoms. The van der Waals surface area contributed by atoms with Crippen LogP contribution in [-0.2, 0) is 33.4 Å². The summed E-state index contributed by atoms with van der Waals surface area (Å²) in [5.41, 5.74) is -4.40. The summed E-state index contributed by atoms with van der Waals surface area (Å²) in [5.74, 6) is -4.20. The van der Waals surface area contributed by atoms with Crippen LogP contribution in [0.3, 0.4) is 0 Å². The number of Topliss-reactive ketones (excluding diaryl/α,β-unsaturated/α-hetero) is 1. The van der Waals surface area contributed by atoms with E-state index in [1.165, 1.54) is 6.92 Å². The summed E-state index contributed by atoms with van der Waals surface area (Å²) in [6.07, 6.45) is 3.84. The van der Waals surface area contributed by atoms with Gasteiger partial charge in [0.15, 0.2) is 17.5 Å². The lowest BCUT2D eigenvalue weighted by Gasteiger charge is -2.49. The molecular formula is C32H42O9. The monoisotopic (exact) mass is 570 g/mol. The lowest BCUT2D eigenvalue weighted by Crippen LogP contribution is -2.65. The van der Waals surface area contributed by atoms with Gasteiger partial charge in [-0.05, 0) is 65.0 Å². The quantitative estimate of drug-likeness (QED) is 0.213. The molecule has 0 saturated heterocycles. The summed E-state index contributed by atoms with van der Waals surface area (Å²) >= 11 is 0. The molecule has 224 valence electrons. The average Bonchev–Trinajstić information content (AvgIpc) is 3.35. The van der Waals surface area contributed by atoms with Crippen LogP contribution in [0.15, 0.2) is 46.6 Å². The fourth-order valence-electron chi connectivity index (χ4n) is 7.91. The normalized spacial score (nSPS) is 41.6. The fourth-order valence-corrected chi connectivity index (χ4v) is 7.91. The second-order valence-corrected chi connectivity index (χ2v) is 12.6. The number of ether oxygens (including phenoxy) is 3. The van der Waals surface area contributed by atoms with Crippen LogP contribution in [-0.4, -0.2) is 63.9 Å². The summed E-state index contributed by atoms with van der Waals surface area (Å²) in [4.78, 5) is 52.7. The standard InChI is InChI=1S/C32H42O9/c1-10-16(3)27(36)39-15-29(9)23-22-12-18(5)24(34)32(38)26(40-28(37)17(4)11-2)19(6)13-30(32,25(22)35)20(7)14-31(23,29)41-21(8)33/h10-13,20,22-24,26,34,38H,14-15H2,1-9H3/b16-10-,17-11-/t20-,22+,23-,24-,26+,29+,30+,31+,32+/m1/s1. The first-order chi connectivity index (χ1) is 19.0. The third-order valence-corrected chi connectivity index (χ3v) is 10.3. The highest BCUT2D eigenvalue weighted by atomic mass is 16.6. The third-order valence-electron chi connectivity index (χ3n) is 10.3. The van der Waals surface area contributed by atoms with Crippen LogP contribution in [0, 0.1) is 28.6 Å². The summed E-state index contributed by atoms with van der Waals surface area (Å²) in [6.45, 7) is 14.8. The first-order valence-electron chi connectivity index (χ1n) is 14.2. The molecule has 9 nitrogen and oxygen atoms in total. The Hall–Kier alpha value is -3.04. The van der Waals surface area contributed by atoms with Gasteiger partial charge in [-0.15, -0.1) is 0 Å². The molecule has 9 atom stereocenters. The molecule has 4 aliphatic carbocycles. The Balaban J connectivity index is 1.87. The lowest BCUT2D eigenvalue weighted by molar-refractivity contribution is -0.202. The number of carbonyl (C=O) groups excluding carboxylic acids is 4. The number of rotatable bonds is 6. The summed E-state index contributed by atoms with van der Waals surface area (Å²) < 4.78 is 17.5. The Morgan fingerprint density at radius 3 is 2.20 bits per heavy atom. The highest BCUT2D eigenvalue weighted by Gasteiger charge is 2.85. The molecule has 2 saturated carbocycles. The zero-order valence-electron chi connectivity index (χ0n) is 25.4. The van der Waals surface area contributed by atoms with Crippen LogP contribution in [0.5, 0.6) is 0 Å². The number of esters is 3. The number of allylic oxidation sites excluding steroid dienone is 3. The van der Waals surface area contributed by atoms with Gasteiger partial charge < -0.3 is 24.4 Å². The molecule has 0 aliphatic heterocycles. The van der Waals surface area contributed by atoms with Crippen molar-refractivity contribution in [1.82, 2.24) is 0 Å². The van der Waals surface area contributed by atoms with E-state index in [2.05, 4.69) is 0 Å². The molecule has 1 spiro atoms. The van der Waals surface area contributed by atoms with Gasteiger partial charge in [0.2, 0.25) is 0 Å². The smallest absolute Gasteiger partial charge is 0.334 e. The van der Waals surface area contributed by atoms with E-state index in [4.69, 9.17) is 14.2 Å². The molecule has 2 N–H and O–H groups in total. The molecular weight excluding hydrogens is 528 g/mol. The Morgan fingerprint density at radius 1 is 1.05 bits per heavy atom. The van der Waals surface area contributed by atoms with Crippen molar-refractivity contribution >= 4 is 23.7 Å². The number of ketones is 1. The highest BCUT2D eigenvalue weighted by molar-refractivity contribution is 5.96. The molecule has 0 aromatic rings. The van der Waals surface area contributed by atoms with Gasteiger partial charge in [0, 0.05) is 35.3 Å². The van der Waals surface area contributed by atoms with Gasteiger partial charge in [0.1, 0.15) is 18.3 Å². The van der Waals surface area contributed by atoms with E-state index in [0.717, 1.165) is 0 Å². The molecule has 0 radical (unpaired) electrons. The molecule has 0 amide bonds. The van der Waals surface area contributed by atoms with Crippen LogP contribution in [0.2, 0.25) is 0 Å². The molecule has 2 fully saturated rings. The van der Waals surface area contributed by atoms with E-state index in [-0.39, 0.29) is 18.8 Å². The molecule has 4 aliphatic rings. The minimum Gasteiger partial charge on any atom is -0.462 e. The van der Waals surface area contributed by atoms with E-state index in [1.54, 1.807) is 72.8 Å². The van der Waals surface area contributed by atoms with Crippen LogP contribution in [0.1, 0.15) is 68.7 Å². The maximum Gasteiger partial charge on any atom is 0.334 e. The van der Waals surface area contributed by atoms with Crippen molar-refractivity contribution in [3.05, 3.63) is 46.6 Å². The Kier molecular flexibility index (Phi) is 7.58. The largest absolute Gasteiger partial charge is 0.462 e. The number of fused-ring (bicyclic) bond motifs is 3. The lowest BCUT2D eigenvalue weighted by atomic mass is 9.59. The van der Waals surface area contributed by atoms with Crippen LogP contribution >= 0.6 is 0 Å². The number of carbonyl (C=O) groups is 4. The van der Waals surface area contributed by atoms with Gasteiger partial charge in [-0.2, -0.15) is 0 Å². The minimum absolute atomic E-state index is 0.0874. The molecule has 0 aromatic carbocycles. The first kappa shape index (κ1) is 30.9. The zero-order chi connectivity index (χ0) is 30.9. The second-order valence-electron chi connectivity index (χ2n) is 12.6. The zero-order valence-corrected chi connectivity index (χ0v) is 25.4. The van der Waals surface area contributed by atoms with Crippen molar-refractivity contribution in [2.24, 2.45) is 28.6 Å². The Labute approximate surface area is 241 Å². The van der Waals surface area contributed by atoms with Crippen molar-refractivity contribution in [2.75, 3.05) is 6.61 Å². The van der Waals surface area contributed by atoms with Crippen molar-refractivity contribution in [3.8, 4) is 0 Å². The number of aliphatic hydroxyl groups is 2. The SMILES string of the molecule is C/C=C(/C)C(=O)OC[C@@]1(C)[C@H]2[C@@H]3C=C(C)[C@@H](O)[C@]4(O)[C@@H](OC(=O)/C(C)=C\C)C(C)=C[C@@]4(C3=O)[C@H](C)C[C@]21OC(C)=O. The van der Waals surface area contributed by atoms with E-state index in [1.807, 2.05) is 6.92 Å². The van der Waals surface area contributed by atoms with Crippen LogP contribution in [0.4, 0.5) is 0 Å². The molecule has 0 aromatic heterocycles. The van der Waals surface area contributed by atoms with Gasteiger partial charge in [-0.25, -0.2) is 9.59 Å². The van der Waals surface area contributed by atoms with Gasteiger partial charge in [0.25, 0.3) is 0 Å². The van der Waals surface area contributed by atoms with Gasteiger partial charge in [-0.1, -0.05) is 38.2 Å². The maximum atomic E-state index is 14.8. The average molecular weight is 571 g/mol. The summed E-state index contributed by atoms with van der Waals surface area (Å²) in [6, 6.07) is 0. The minimum atomic E-state index is -2.20. The van der Waals surface area contributed by atoms with Gasteiger partial charge in [0.05, 0.1) is 5.41 Å². The maximum absolute atomic E-state index is 14.8. The molecule has 0 heterocycles. The second kappa shape index (κ2) is 10.1. The third kappa shape index (κ3) is 4.02. The molecule has 2 bridgehead atoms. The number of hydrogen-bond donors (Lipinski definition) is 2. The van der Waals surface area contributed by atoms with Crippen molar-refractivity contribution in [1.29, 1.82) is 0 Å². The number of aliphatic hydroxyl groups excluding tert-OH is 1. The summed E-state index contributed by atoms with van der Waals surface area (Å²) in [7, 11) is 0. The van der Waals surface area contributed by atoms with E-state index in [9.17, 15) is 29.4 Å². The molecule has 0 unspecified atom stereocenters. The fraction of sp³-hybridized carbons (Fsp3) is 0.625. The van der Waals surface area contributed by atoms with Crippen molar-refractivity contribution < 1.29 is 43.6 Å². The van der Waals surface area contributed by atoms with E-state index < -0.39 is 69.9 Å². The predicted octanol–water partition coefficient (Wildman–Crippen LogP) is 3.54. The first-order valence-corrected chi connectivity index (χ1v) is 14.2. The summed E-state index contributed by atoms with van der Waals surface area (Å²) in [5, 5.41) is 24.2. The molecule has 4 rings (SSSR count). The van der Waals surface area contributed by atoms with Gasteiger partial charge in [-0.3, -0.25) is 9.59 Å². The molecule has 41 heavy (non-hydrogen) atoms. The van der Waals surface area contributed by atoms with Gasteiger partial charge >= 0.3 is 17.9 Å². The van der Waals surface area contributed by atoms with Crippen molar-refractivity contribution in [3.63, 3.8) is 0 Å². The number of hydrogen-bond acceptors (Lipinski definition) is 9. The van der Waals surface area contributed by atoms with E-state index >= 15 is 0 Å².